The molecule has 34 heavy (non-hydrogen) atoms. The van der Waals surface area contributed by atoms with E-state index in [9.17, 15) is 0 Å². The quantitative estimate of drug-likeness (QED) is 0.218. The Morgan fingerprint density at radius 3 is 1.26 bits per heavy atom. The van der Waals surface area contributed by atoms with E-state index in [1.54, 1.807) is 0 Å². The molecule has 0 aromatic heterocycles. The van der Waals surface area contributed by atoms with Gasteiger partial charge in [-0.05, 0) is 89.9 Å². The van der Waals surface area contributed by atoms with Crippen molar-refractivity contribution in [3.05, 3.63) is 60.7 Å². The molecule has 0 aliphatic carbocycles. The highest BCUT2D eigenvalue weighted by atomic mass is 28.4. The molecule has 0 spiro atoms. The van der Waals surface area contributed by atoms with Gasteiger partial charge < -0.3 is 18.3 Å². The number of ether oxygens (including phenoxy) is 2. The summed E-state index contributed by atoms with van der Waals surface area (Å²) in [6, 6.07) is 12.5. The average Bonchev–Trinajstić information content (AvgIpc) is 2.70. The monoisotopic (exact) mass is 500 g/mol. The second-order valence-electron chi connectivity index (χ2n) is 11.1. The first kappa shape index (κ1) is 28.4. The van der Waals surface area contributed by atoms with Crippen molar-refractivity contribution in [2.75, 3.05) is 0 Å². The van der Waals surface area contributed by atoms with Crippen molar-refractivity contribution in [2.45, 2.75) is 91.4 Å². The lowest BCUT2D eigenvalue weighted by molar-refractivity contribution is 0.0546. The largest absolute Gasteiger partial charge is 0.488 e. The summed E-state index contributed by atoms with van der Waals surface area (Å²) in [7, 11) is -3.27. The molecule has 0 fully saturated rings. The lowest BCUT2D eigenvalue weighted by Crippen LogP contribution is -2.36. The predicted molar refractivity (Wildman–Crippen MR) is 151 cm³/mol. The van der Waals surface area contributed by atoms with Crippen molar-refractivity contribution in [1.82, 2.24) is 0 Å². The van der Waals surface area contributed by atoms with Gasteiger partial charge in [0.2, 0.25) is 0 Å². The third-order valence-electron chi connectivity index (χ3n) is 5.54. The van der Waals surface area contributed by atoms with Gasteiger partial charge >= 0.3 is 0 Å². The van der Waals surface area contributed by atoms with E-state index in [4.69, 9.17) is 18.3 Å². The van der Waals surface area contributed by atoms with Crippen molar-refractivity contribution in [1.29, 1.82) is 0 Å². The summed E-state index contributed by atoms with van der Waals surface area (Å²) < 4.78 is 24.6. The van der Waals surface area contributed by atoms with Gasteiger partial charge in [-0.2, -0.15) is 0 Å². The van der Waals surface area contributed by atoms with Gasteiger partial charge in [0.1, 0.15) is 23.7 Å². The summed E-state index contributed by atoms with van der Waals surface area (Å²) in [4.78, 5) is 0. The summed E-state index contributed by atoms with van der Waals surface area (Å²) in [5.41, 5.74) is 1.91. The molecule has 4 atom stereocenters. The summed E-state index contributed by atoms with van der Waals surface area (Å²) >= 11 is 0. The summed E-state index contributed by atoms with van der Waals surface area (Å²) in [6.07, 6.45) is -0.164. The van der Waals surface area contributed by atoms with Crippen LogP contribution in [0.4, 0.5) is 0 Å². The van der Waals surface area contributed by atoms with E-state index >= 15 is 0 Å². The van der Waals surface area contributed by atoms with E-state index in [-0.39, 0.29) is 24.4 Å². The molecule has 2 aromatic rings. The van der Waals surface area contributed by atoms with Crippen LogP contribution in [0.15, 0.2) is 49.6 Å². The zero-order valence-corrected chi connectivity index (χ0v) is 24.8. The topological polar surface area (TPSA) is 36.9 Å². The Morgan fingerprint density at radius 2 is 0.941 bits per heavy atom. The van der Waals surface area contributed by atoms with Crippen LogP contribution in [0.2, 0.25) is 39.3 Å². The summed E-state index contributed by atoms with van der Waals surface area (Å²) in [6.45, 7) is 29.6. The standard InChI is InChI=1S/C28H44O4Si2/c1-19(21(3)31-33(7,8)9)29-23(5)26-15-13-25-14-16-27(18-28(25)17-26)24(6)30-20(2)22(4)32-34(10,11)12/h13-22H,5-6H2,1-4,7-12H3/t19-,20+,21+,22-. The SMILES string of the molecule is C=C(O[C@@H](C)[C@@H](C)O[Si](C)(C)C)c1ccc2ccc(C(=C)O[C@H](C)[C@H](C)O[Si](C)(C)C)cc2c1. The van der Waals surface area contributed by atoms with E-state index in [1.165, 1.54) is 0 Å². The molecule has 0 unspecified atom stereocenters. The predicted octanol–water partition coefficient (Wildman–Crippen LogP) is 8.07. The third kappa shape index (κ3) is 8.73. The zero-order valence-electron chi connectivity index (χ0n) is 22.8. The maximum absolute atomic E-state index is 6.17. The second kappa shape index (κ2) is 11.2. The highest BCUT2D eigenvalue weighted by Crippen LogP contribution is 2.27. The van der Waals surface area contributed by atoms with Gasteiger partial charge in [0.05, 0.1) is 12.2 Å². The van der Waals surface area contributed by atoms with E-state index in [0.29, 0.717) is 11.5 Å². The van der Waals surface area contributed by atoms with Crippen LogP contribution in [0.3, 0.4) is 0 Å². The third-order valence-corrected chi connectivity index (χ3v) is 7.70. The highest BCUT2D eigenvalue weighted by molar-refractivity contribution is 6.70. The summed E-state index contributed by atoms with van der Waals surface area (Å²) in [5.74, 6) is 1.29. The van der Waals surface area contributed by atoms with Gasteiger partial charge in [-0.15, -0.1) is 0 Å². The first-order valence-electron chi connectivity index (χ1n) is 12.2. The molecule has 0 saturated heterocycles. The van der Waals surface area contributed by atoms with Crippen molar-refractivity contribution in [3.8, 4) is 0 Å². The van der Waals surface area contributed by atoms with E-state index in [1.807, 2.05) is 26.0 Å². The molecule has 0 bridgehead atoms. The van der Waals surface area contributed by atoms with Crippen LogP contribution in [0.5, 0.6) is 0 Å². The molecule has 0 saturated carbocycles. The minimum atomic E-state index is -1.63. The van der Waals surface area contributed by atoms with Gasteiger partial charge in [-0.1, -0.05) is 37.4 Å². The zero-order chi connectivity index (χ0) is 25.8. The van der Waals surface area contributed by atoms with Crippen LogP contribution in [-0.4, -0.2) is 41.1 Å². The van der Waals surface area contributed by atoms with Gasteiger partial charge in [-0.25, -0.2) is 0 Å². The fourth-order valence-electron chi connectivity index (χ4n) is 3.68. The van der Waals surface area contributed by atoms with E-state index in [2.05, 4.69) is 90.6 Å². The molecule has 0 N–H and O–H groups in total. The van der Waals surface area contributed by atoms with Gasteiger partial charge in [-0.3, -0.25) is 0 Å². The van der Waals surface area contributed by atoms with Crippen LogP contribution >= 0.6 is 0 Å². The van der Waals surface area contributed by atoms with E-state index < -0.39 is 16.6 Å². The lowest BCUT2D eigenvalue weighted by Gasteiger charge is -2.29. The molecule has 6 heteroatoms. The van der Waals surface area contributed by atoms with Crippen LogP contribution in [0, 0.1) is 0 Å². The van der Waals surface area contributed by atoms with E-state index in [0.717, 1.165) is 21.9 Å². The Bertz CT molecular complexity index is 927. The maximum Gasteiger partial charge on any atom is 0.184 e. The Kier molecular flexibility index (Phi) is 9.39. The maximum atomic E-state index is 6.17. The molecule has 0 heterocycles. The number of benzene rings is 2. The first-order valence-corrected chi connectivity index (χ1v) is 19.0. The normalized spacial score (nSPS) is 15.9. The van der Waals surface area contributed by atoms with Gasteiger partial charge in [0, 0.05) is 11.1 Å². The average molecular weight is 501 g/mol. The molecular weight excluding hydrogens is 456 g/mol. The van der Waals surface area contributed by atoms with Crippen LogP contribution in [-0.2, 0) is 18.3 Å². The van der Waals surface area contributed by atoms with Crippen molar-refractivity contribution in [2.24, 2.45) is 0 Å². The molecular formula is C28H44O4Si2. The van der Waals surface area contributed by atoms with Crippen LogP contribution < -0.4 is 0 Å². The number of fused-ring (bicyclic) bond motifs is 1. The molecule has 0 amide bonds. The fraction of sp³-hybridized carbons (Fsp3) is 0.500. The minimum absolute atomic E-state index is 0.00487. The van der Waals surface area contributed by atoms with Crippen molar-refractivity contribution < 1.29 is 18.3 Å². The lowest BCUT2D eigenvalue weighted by atomic mass is 10.0. The molecule has 0 aliphatic heterocycles. The molecule has 0 radical (unpaired) electrons. The molecule has 188 valence electrons. The van der Waals surface area contributed by atoms with Crippen molar-refractivity contribution >= 4 is 38.9 Å². The fourth-order valence-corrected chi connectivity index (χ4v) is 6.29. The Morgan fingerprint density at radius 1 is 0.588 bits per heavy atom. The van der Waals surface area contributed by atoms with Crippen molar-refractivity contribution in [3.63, 3.8) is 0 Å². The van der Waals surface area contributed by atoms with Crippen LogP contribution in [0.1, 0.15) is 38.8 Å². The van der Waals surface area contributed by atoms with Gasteiger partial charge in [0.15, 0.2) is 16.6 Å². The minimum Gasteiger partial charge on any atom is -0.488 e. The molecule has 4 nitrogen and oxygen atoms in total. The molecule has 2 aromatic carbocycles. The molecule has 2 rings (SSSR count). The van der Waals surface area contributed by atoms with Gasteiger partial charge in [0.25, 0.3) is 0 Å². The smallest absolute Gasteiger partial charge is 0.184 e. The highest BCUT2D eigenvalue weighted by Gasteiger charge is 2.25. The Hall–Kier alpha value is -1.87. The number of rotatable bonds is 12. The Labute approximate surface area is 209 Å². The second-order valence-corrected chi connectivity index (χ2v) is 20.1. The summed E-state index contributed by atoms with van der Waals surface area (Å²) in [5, 5.41) is 2.22. The van der Waals surface area contributed by atoms with Crippen LogP contribution in [0.25, 0.3) is 22.3 Å². The first-order chi connectivity index (χ1) is 15.6. The number of hydrogen-bond donors (Lipinski definition) is 0. The number of hydrogen-bond acceptors (Lipinski definition) is 4. The Balaban J connectivity index is 2.13. The molecule has 0 aliphatic rings.